The molecule has 0 aliphatic rings. The molecule has 6 nitrogen and oxygen atoms in total. The zero-order chi connectivity index (χ0) is 16.2. The first-order chi connectivity index (χ1) is 10.4. The lowest BCUT2D eigenvalue weighted by Crippen LogP contribution is -2.17. The maximum absolute atomic E-state index is 11.8. The van der Waals surface area contributed by atoms with Gasteiger partial charge in [0.05, 0.1) is 0 Å². The fourth-order valence-electron chi connectivity index (χ4n) is 1.65. The highest BCUT2D eigenvalue weighted by Gasteiger charge is 2.17. The first-order valence-electron chi connectivity index (χ1n) is 6.19. The summed E-state index contributed by atoms with van der Waals surface area (Å²) in [6.07, 6.45) is 1.65. The number of aromatic nitrogens is 1. The molecule has 0 radical (unpaired) electrons. The zero-order valence-corrected chi connectivity index (χ0v) is 14.0. The predicted molar refractivity (Wildman–Crippen MR) is 85.3 cm³/mol. The van der Waals surface area contributed by atoms with Gasteiger partial charge in [0, 0.05) is 16.9 Å². The number of pyridine rings is 1. The van der Waals surface area contributed by atoms with Gasteiger partial charge in [0.25, 0.3) is 0 Å². The SMILES string of the molecule is CS(=O)(=O)c1cc(Br)cnc1NC(=O)OCc1ccccc1. The van der Waals surface area contributed by atoms with Gasteiger partial charge in [-0.2, -0.15) is 0 Å². The number of carbonyl (C=O) groups excluding carboxylic acids is 1. The second-order valence-corrected chi connectivity index (χ2v) is 7.36. The van der Waals surface area contributed by atoms with E-state index in [-0.39, 0.29) is 17.3 Å². The molecular weight excluding hydrogens is 372 g/mol. The number of halogens is 1. The molecule has 1 N–H and O–H groups in total. The Morgan fingerprint density at radius 1 is 1.32 bits per heavy atom. The minimum Gasteiger partial charge on any atom is -0.444 e. The molecule has 116 valence electrons. The second-order valence-electron chi connectivity index (χ2n) is 4.46. The summed E-state index contributed by atoms with van der Waals surface area (Å²) >= 11 is 3.15. The Kier molecular flexibility index (Phi) is 5.15. The molecule has 0 unspecified atom stereocenters. The van der Waals surface area contributed by atoms with E-state index in [0.29, 0.717) is 4.47 Å². The lowest BCUT2D eigenvalue weighted by Gasteiger charge is -2.10. The van der Waals surface area contributed by atoms with Gasteiger partial charge in [-0.3, -0.25) is 5.32 Å². The Hall–Kier alpha value is -1.93. The molecule has 1 heterocycles. The van der Waals surface area contributed by atoms with E-state index < -0.39 is 15.9 Å². The maximum Gasteiger partial charge on any atom is 0.413 e. The van der Waals surface area contributed by atoms with Crippen molar-refractivity contribution in [1.29, 1.82) is 0 Å². The zero-order valence-electron chi connectivity index (χ0n) is 11.6. The first-order valence-corrected chi connectivity index (χ1v) is 8.88. The van der Waals surface area contributed by atoms with Crippen molar-refractivity contribution in [2.75, 3.05) is 11.6 Å². The van der Waals surface area contributed by atoms with E-state index in [1.807, 2.05) is 30.3 Å². The highest BCUT2D eigenvalue weighted by atomic mass is 79.9. The molecule has 1 aromatic carbocycles. The lowest BCUT2D eigenvalue weighted by molar-refractivity contribution is 0.155. The summed E-state index contributed by atoms with van der Waals surface area (Å²) in [6.45, 7) is 0.0808. The summed E-state index contributed by atoms with van der Waals surface area (Å²) < 4.78 is 29.0. The van der Waals surface area contributed by atoms with Crippen LogP contribution in [0, 0.1) is 0 Å². The highest BCUT2D eigenvalue weighted by Crippen LogP contribution is 2.23. The summed E-state index contributed by atoms with van der Waals surface area (Å²) in [5.41, 5.74) is 0.824. The summed E-state index contributed by atoms with van der Waals surface area (Å²) in [4.78, 5) is 15.6. The number of ether oxygens (including phenoxy) is 1. The van der Waals surface area contributed by atoms with E-state index in [1.165, 1.54) is 12.3 Å². The Morgan fingerprint density at radius 2 is 2.00 bits per heavy atom. The minimum absolute atomic E-state index is 0.0660. The quantitative estimate of drug-likeness (QED) is 0.875. The van der Waals surface area contributed by atoms with Crippen LogP contribution in [0.4, 0.5) is 10.6 Å². The van der Waals surface area contributed by atoms with Crippen molar-refractivity contribution in [1.82, 2.24) is 4.98 Å². The molecule has 0 saturated heterocycles. The van der Waals surface area contributed by atoms with Gasteiger partial charge in [0.1, 0.15) is 11.5 Å². The Labute approximate surface area is 136 Å². The number of carbonyl (C=O) groups is 1. The van der Waals surface area contributed by atoms with Gasteiger partial charge < -0.3 is 4.74 Å². The van der Waals surface area contributed by atoms with Crippen LogP contribution < -0.4 is 5.32 Å². The van der Waals surface area contributed by atoms with Crippen LogP contribution in [0.2, 0.25) is 0 Å². The third-order valence-electron chi connectivity index (χ3n) is 2.65. The van der Waals surface area contributed by atoms with E-state index in [2.05, 4.69) is 26.2 Å². The summed E-state index contributed by atoms with van der Waals surface area (Å²) in [6, 6.07) is 10.5. The molecule has 0 spiro atoms. The van der Waals surface area contributed by atoms with E-state index in [4.69, 9.17) is 4.74 Å². The van der Waals surface area contributed by atoms with E-state index in [0.717, 1.165) is 11.8 Å². The van der Waals surface area contributed by atoms with Gasteiger partial charge in [-0.15, -0.1) is 0 Å². The number of anilines is 1. The number of nitrogens with one attached hydrogen (secondary N) is 1. The van der Waals surface area contributed by atoms with Crippen molar-refractivity contribution in [3.05, 3.63) is 52.6 Å². The summed E-state index contributed by atoms with van der Waals surface area (Å²) in [7, 11) is -3.53. The van der Waals surface area contributed by atoms with Crippen molar-refractivity contribution in [2.24, 2.45) is 0 Å². The average molecular weight is 385 g/mol. The van der Waals surface area contributed by atoms with E-state index in [1.54, 1.807) is 0 Å². The minimum atomic E-state index is -3.53. The third kappa shape index (κ3) is 4.54. The predicted octanol–water partition coefficient (Wildman–Crippen LogP) is 3.00. The average Bonchev–Trinajstić information content (AvgIpc) is 2.47. The second kappa shape index (κ2) is 6.89. The van der Waals surface area contributed by atoms with Crippen LogP contribution in [0.25, 0.3) is 0 Å². The number of rotatable bonds is 4. The number of benzene rings is 1. The normalized spacial score (nSPS) is 11.0. The molecule has 1 aromatic heterocycles. The molecule has 0 aliphatic carbocycles. The molecular formula is C14H13BrN2O4S. The molecule has 2 rings (SSSR count). The first kappa shape index (κ1) is 16.4. The van der Waals surface area contributed by atoms with Gasteiger partial charge in [-0.05, 0) is 27.6 Å². The number of amides is 1. The molecule has 0 aliphatic heterocycles. The Balaban J connectivity index is 2.09. The largest absolute Gasteiger partial charge is 0.444 e. The summed E-state index contributed by atoms with van der Waals surface area (Å²) in [5.74, 6) is -0.0660. The van der Waals surface area contributed by atoms with Crippen LogP contribution in [-0.4, -0.2) is 25.8 Å². The van der Waals surface area contributed by atoms with E-state index in [9.17, 15) is 13.2 Å². The van der Waals surface area contributed by atoms with Crippen molar-refractivity contribution in [2.45, 2.75) is 11.5 Å². The molecule has 1 amide bonds. The molecule has 8 heteroatoms. The molecule has 0 atom stereocenters. The topological polar surface area (TPSA) is 85.4 Å². The van der Waals surface area contributed by atoms with Crippen LogP contribution >= 0.6 is 15.9 Å². The number of hydrogen-bond acceptors (Lipinski definition) is 5. The number of sulfone groups is 1. The van der Waals surface area contributed by atoms with Crippen molar-refractivity contribution >= 4 is 37.7 Å². The molecule has 0 bridgehead atoms. The van der Waals surface area contributed by atoms with Crippen LogP contribution in [-0.2, 0) is 21.2 Å². The van der Waals surface area contributed by atoms with Crippen molar-refractivity contribution in [3.63, 3.8) is 0 Å². The number of hydrogen-bond donors (Lipinski definition) is 1. The fraction of sp³-hybridized carbons (Fsp3) is 0.143. The fourth-order valence-corrected chi connectivity index (χ4v) is 2.93. The smallest absolute Gasteiger partial charge is 0.413 e. The van der Waals surface area contributed by atoms with Gasteiger partial charge in [-0.25, -0.2) is 18.2 Å². The monoisotopic (exact) mass is 384 g/mol. The lowest BCUT2D eigenvalue weighted by atomic mass is 10.2. The maximum atomic E-state index is 11.8. The molecule has 0 saturated carbocycles. The third-order valence-corrected chi connectivity index (χ3v) is 4.20. The summed E-state index contributed by atoms with van der Waals surface area (Å²) in [5, 5.41) is 2.34. The van der Waals surface area contributed by atoms with E-state index >= 15 is 0 Å². The van der Waals surface area contributed by atoms with Crippen molar-refractivity contribution in [3.8, 4) is 0 Å². The molecule has 22 heavy (non-hydrogen) atoms. The standard InChI is InChI=1S/C14H13BrN2O4S/c1-22(19,20)12-7-11(15)8-16-13(12)17-14(18)21-9-10-5-3-2-4-6-10/h2-8H,9H2,1H3,(H,16,17,18). The molecule has 0 fully saturated rings. The Morgan fingerprint density at radius 3 is 2.64 bits per heavy atom. The number of nitrogens with zero attached hydrogens (tertiary/aromatic N) is 1. The van der Waals surface area contributed by atoms with Crippen LogP contribution in [0.3, 0.4) is 0 Å². The van der Waals surface area contributed by atoms with Crippen molar-refractivity contribution < 1.29 is 17.9 Å². The van der Waals surface area contributed by atoms with Gasteiger partial charge in [0.2, 0.25) is 0 Å². The van der Waals surface area contributed by atoms with Crippen LogP contribution in [0.5, 0.6) is 0 Å². The Bertz CT molecular complexity index is 779. The highest BCUT2D eigenvalue weighted by molar-refractivity contribution is 9.10. The van der Waals surface area contributed by atoms with Gasteiger partial charge in [-0.1, -0.05) is 30.3 Å². The van der Waals surface area contributed by atoms with Gasteiger partial charge >= 0.3 is 6.09 Å². The molecule has 2 aromatic rings. The van der Waals surface area contributed by atoms with Gasteiger partial charge in [0.15, 0.2) is 15.7 Å². The van der Waals surface area contributed by atoms with Crippen LogP contribution in [0.15, 0.2) is 52.0 Å². The van der Waals surface area contributed by atoms with Crippen LogP contribution in [0.1, 0.15) is 5.56 Å².